The summed E-state index contributed by atoms with van der Waals surface area (Å²) in [6, 6.07) is 17.4. The molecule has 6 heteroatoms. The third kappa shape index (κ3) is 4.94. The van der Waals surface area contributed by atoms with Crippen molar-refractivity contribution in [1.29, 1.82) is 0 Å². The predicted octanol–water partition coefficient (Wildman–Crippen LogP) is 4.79. The number of hydrogen-bond donors (Lipinski definition) is 0. The topological polar surface area (TPSA) is 43.2 Å². The second-order valence-corrected chi connectivity index (χ2v) is 8.81. The van der Waals surface area contributed by atoms with Crippen LogP contribution in [-0.4, -0.2) is 45.7 Å². The molecule has 1 aliphatic heterocycles. The van der Waals surface area contributed by atoms with Crippen LogP contribution in [0.25, 0.3) is 11.1 Å². The van der Waals surface area contributed by atoms with E-state index >= 15 is 0 Å². The summed E-state index contributed by atoms with van der Waals surface area (Å²) in [4.78, 5) is 2.30. The van der Waals surface area contributed by atoms with Gasteiger partial charge in [0.1, 0.15) is 5.82 Å². The number of benzene rings is 2. The number of hydrogen-bond acceptors (Lipinski definition) is 5. The van der Waals surface area contributed by atoms with E-state index in [4.69, 9.17) is 4.74 Å². The van der Waals surface area contributed by atoms with Gasteiger partial charge in [0.05, 0.1) is 19.2 Å². The summed E-state index contributed by atoms with van der Waals surface area (Å²) < 4.78 is 8.08. The Morgan fingerprint density at radius 1 is 1.13 bits per heavy atom. The molecule has 2 heterocycles. The minimum Gasteiger partial charge on any atom is -0.376 e. The molecule has 1 aromatic heterocycles. The summed E-state index contributed by atoms with van der Waals surface area (Å²) >= 11 is 1.65. The van der Waals surface area contributed by atoms with Crippen molar-refractivity contribution < 1.29 is 4.74 Å². The van der Waals surface area contributed by atoms with Gasteiger partial charge in [-0.15, -0.1) is 10.2 Å². The van der Waals surface area contributed by atoms with Gasteiger partial charge >= 0.3 is 0 Å². The van der Waals surface area contributed by atoms with E-state index in [1.165, 1.54) is 22.3 Å². The molecule has 0 bridgehead atoms. The maximum Gasteiger partial charge on any atom is 0.191 e. The first-order valence-corrected chi connectivity index (χ1v) is 11.8. The zero-order chi connectivity index (χ0) is 20.9. The number of aryl methyl sites for hydroxylation is 1. The molecule has 0 saturated carbocycles. The molecule has 0 amide bonds. The van der Waals surface area contributed by atoms with Gasteiger partial charge in [-0.25, -0.2) is 0 Å². The van der Waals surface area contributed by atoms with Gasteiger partial charge in [-0.3, -0.25) is 4.90 Å². The lowest BCUT2D eigenvalue weighted by Crippen LogP contribution is -2.23. The van der Waals surface area contributed by atoms with Gasteiger partial charge < -0.3 is 9.30 Å². The molecule has 2 aromatic carbocycles. The van der Waals surface area contributed by atoms with Gasteiger partial charge in [0.15, 0.2) is 5.16 Å². The average molecular weight is 423 g/mol. The maximum atomic E-state index is 5.85. The first kappa shape index (κ1) is 21.1. The van der Waals surface area contributed by atoms with Crippen molar-refractivity contribution in [3.05, 3.63) is 65.5 Å². The largest absolute Gasteiger partial charge is 0.376 e. The van der Waals surface area contributed by atoms with Gasteiger partial charge in [-0.05, 0) is 61.4 Å². The lowest BCUT2D eigenvalue weighted by molar-refractivity contribution is 0.0934. The van der Waals surface area contributed by atoms with Crippen LogP contribution in [0.15, 0.2) is 53.7 Å². The molecule has 0 aliphatic carbocycles. The fourth-order valence-corrected chi connectivity index (χ4v) is 4.63. The van der Waals surface area contributed by atoms with Crippen LogP contribution in [0.3, 0.4) is 0 Å². The van der Waals surface area contributed by atoms with E-state index in [1.807, 2.05) is 0 Å². The number of thioether (sulfide) groups is 1. The zero-order valence-electron chi connectivity index (χ0n) is 18.0. The Balaban J connectivity index is 1.46. The standard InChI is InChI=1S/C24H30N4OS/c1-18-8-4-5-12-22(18)20-10-6-9-19(14-20)15-27(2)17-23-25-26-24(30-3)28(23)16-21-11-7-13-29-21/h4-6,8-10,12,14,21H,7,11,13,15-17H2,1-3H3. The van der Waals surface area contributed by atoms with Crippen molar-refractivity contribution in [2.45, 2.75) is 50.7 Å². The highest BCUT2D eigenvalue weighted by Gasteiger charge is 2.21. The van der Waals surface area contributed by atoms with Crippen LogP contribution in [-0.2, 0) is 24.4 Å². The van der Waals surface area contributed by atoms with E-state index in [0.717, 1.165) is 50.1 Å². The molecule has 1 aliphatic rings. The molecule has 0 radical (unpaired) electrons. The summed E-state index contributed by atoms with van der Waals surface area (Å²) in [7, 11) is 2.14. The highest BCUT2D eigenvalue weighted by Crippen LogP contribution is 2.25. The maximum absolute atomic E-state index is 5.85. The summed E-state index contributed by atoms with van der Waals surface area (Å²) in [6.45, 7) is 5.50. The molecule has 1 atom stereocenters. The van der Waals surface area contributed by atoms with Crippen molar-refractivity contribution in [3.8, 4) is 11.1 Å². The molecule has 158 valence electrons. The van der Waals surface area contributed by atoms with Gasteiger partial charge in [-0.1, -0.05) is 54.2 Å². The third-order valence-electron chi connectivity index (χ3n) is 5.63. The fraction of sp³-hybridized carbons (Fsp3) is 0.417. The van der Waals surface area contributed by atoms with Crippen LogP contribution in [0.2, 0.25) is 0 Å². The average Bonchev–Trinajstić information content (AvgIpc) is 3.39. The van der Waals surface area contributed by atoms with Crippen LogP contribution in [0.1, 0.15) is 29.8 Å². The quantitative estimate of drug-likeness (QED) is 0.489. The third-order valence-corrected chi connectivity index (χ3v) is 6.30. The summed E-state index contributed by atoms with van der Waals surface area (Å²) in [5.41, 5.74) is 5.16. The summed E-state index contributed by atoms with van der Waals surface area (Å²) in [5, 5.41) is 9.84. The van der Waals surface area contributed by atoms with Crippen molar-refractivity contribution in [2.75, 3.05) is 19.9 Å². The van der Waals surface area contributed by atoms with E-state index < -0.39 is 0 Å². The van der Waals surface area contributed by atoms with E-state index in [1.54, 1.807) is 11.8 Å². The lowest BCUT2D eigenvalue weighted by atomic mass is 9.99. The predicted molar refractivity (Wildman–Crippen MR) is 123 cm³/mol. The van der Waals surface area contributed by atoms with Gasteiger partial charge in [0.2, 0.25) is 0 Å². The highest BCUT2D eigenvalue weighted by molar-refractivity contribution is 7.98. The summed E-state index contributed by atoms with van der Waals surface area (Å²) in [5.74, 6) is 1.01. The summed E-state index contributed by atoms with van der Waals surface area (Å²) in [6.07, 6.45) is 4.60. The molecule has 0 N–H and O–H groups in total. The second kappa shape index (κ2) is 9.77. The van der Waals surface area contributed by atoms with Gasteiger partial charge in [0.25, 0.3) is 0 Å². The SMILES string of the molecule is CSc1nnc(CN(C)Cc2cccc(-c3ccccc3C)c2)n1CC1CCCO1. The zero-order valence-corrected chi connectivity index (χ0v) is 18.9. The molecule has 1 saturated heterocycles. The molecule has 5 nitrogen and oxygen atoms in total. The fourth-order valence-electron chi connectivity index (χ4n) is 4.11. The molecule has 4 rings (SSSR count). The lowest BCUT2D eigenvalue weighted by Gasteiger charge is -2.19. The Hall–Kier alpha value is -2.15. The van der Waals surface area contributed by atoms with Crippen molar-refractivity contribution in [3.63, 3.8) is 0 Å². The van der Waals surface area contributed by atoms with Crippen molar-refractivity contribution >= 4 is 11.8 Å². The van der Waals surface area contributed by atoms with Crippen LogP contribution in [0.4, 0.5) is 0 Å². The number of nitrogens with zero attached hydrogens (tertiary/aromatic N) is 4. The Morgan fingerprint density at radius 2 is 2.00 bits per heavy atom. The number of aromatic nitrogens is 3. The smallest absolute Gasteiger partial charge is 0.191 e. The van der Waals surface area contributed by atoms with E-state index in [-0.39, 0.29) is 6.10 Å². The van der Waals surface area contributed by atoms with E-state index in [2.05, 4.69) is 88.4 Å². The minimum atomic E-state index is 0.279. The molecular formula is C24H30N4OS. The first-order valence-electron chi connectivity index (χ1n) is 10.5. The van der Waals surface area contributed by atoms with E-state index in [9.17, 15) is 0 Å². The minimum absolute atomic E-state index is 0.279. The molecule has 0 spiro atoms. The molecule has 30 heavy (non-hydrogen) atoms. The molecular weight excluding hydrogens is 392 g/mol. The van der Waals surface area contributed by atoms with Crippen LogP contribution in [0.5, 0.6) is 0 Å². The molecule has 3 aromatic rings. The normalized spacial score (nSPS) is 16.5. The number of ether oxygens (including phenoxy) is 1. The van der Waals surface area contributed by atoms with Gasteiger partial charge in [0, 0.05) is 13.2 Å². The van der Waals surface area contributed by atoms with Gasteiger partial charge in [-0.2, -0.15) is 0 Å². The number of rotatable bonds is 8. The monoisotopic (exact) mass is 422 g/mol. The molecule has 1 unspecified atom stereocenters. The highest BCUT2D eigenvalue weighted by atomic mass is 32.2. The first-order chi connectivity index (χ1) is 14.6. The molecule has 1 fully saturated rings. The Bertz CT molecular complexity index is 981. The Morgan fingerprint density at radius 3 is 2.77 bits per heavy atom. The van der Waals surface area contributed by atoms with E-state index in [0.29, 0.717) is 0 Å². The van der Waals surface area contributed by atoms with Crippen molar-refractivity contribution in [2.24, 2.45) is 0 Å². The van der Waals surface area contributed by atoms with Crippen LogP contribution in [0, 0.1) is 6.92 Å². The van der Waals surface area contributed by atoms with Crippen molar-refractivity contribution in [1.82, 2.24) is 19.7 Å². The Labute approximate surface area is 183 Å². The Kier molecular flexibility index (Phi) is 6.87. The van der Waals surface area contributed by atoms with Crippen LogP contribution >= 0.6 is 11.8 Å². The van der Waals surface area contributed by atoms with Crippen LogP contribution < -0.4 is 0 Å². The second-order valence-electron chi connectivity index (χ2n) is 8.04.